The van der Waals surface area contributed by atoms with Crippen LogP contribution in [0.3, 0.4) is 0 Å². The summed E-state index contributed by atoms with van der Waals surface area (Å²) in [5, 5.41) is 21.2. The van der Waals surface area contributed by atoms with Gasteiger partial charge in [0.15, 0.2) is 6.61 Å². The van der Waals surface area contributed by atoms with Gasteiger partial charge in [0.2, 0.25) is 0 Å². The van der Waals surface area contributed by atoms with Crippen LogP contribution in [0.5, 0.6) is 5.75 Å². The summed E-state index contributed by atoms with van der Waals surface area (Å²) in [5.41, 5.74) is 0.846. The molecular weight excluding hydrogens is 517 g/mol. The molecule has 3 N–H and O–H groups in total. The number of benzene rings is 3. The van der Waals surface area contributed by atoms with Crippen LogP contribution in [0.4, 0.5) is 18.0 Å². The number of carbonyl (C=O) groups excluding carboxylic acids is 1. The number of rotatable bonds is 9. The normalized spacial score (nSPS) is 17.1. The van der Waals surface area contributed by atoms with Gasteiger partial charge >= 0.3 is 24.1 Å². The molecule has 3 aromatic carbocycles. The number of nitrogens with one attached hydrogen (secondary N) is 1. The molecule has 8 nitrogen and oxygen atoms in total. The quantitative estimate of drug-likeness (QED) is 0.346. The number of ether oxygens (including phenoxy) is 1. The van der Waals surface area contributed by atoms with Crippen LogP contribution in [0.25, 0.3) is 11.1 Å². The minimum Gasteiger partial charge on any atom is -0.481 e. The van der Waals surface area contributed by atoms with E-state index in [0.717, 1.165) is 17.7 Å². The van der Waals surface area contributed by atoms with Crippen LogP contribution in [0.1, 0.15) is 35.2 Å². The van der Waals surface area contributed by atoms with E-state index >= 15 is 0 Å². The van der Waals surface area contributed by atoms with Gasteiger partial charge in [-0.05, 0) is 53.4 Å². The molecule has 1 heterocycles. The highest BCUT2D eigenvalue weighted by atomic mass is 19.4. The molecule has 0 aliphatic carbocycles. The molecule has 1 saturated heterocycles. The second-order valence-corrected chi connectivity index (χ2v) is 9.16. The summed E-state index contributed by atoms with van der Waals surface area (Å²) < 4.78 is 46.5. The lowest BCUT2D eigenvalue weighted by Gasteiger charge is -2.25. The summed E-state index contributed by atoms with van der Waals surface area (Å²) in [5.74, 6) is -2.34. The highest BCUT2D eigenvalue weighted by molar-refractivity contribution is 5.80. The van der Waals surface area contributed by atoms with Crippen molar-refractivity contribution < 1.29 is 42.5 Å². The predicted octanol–water partition coefficient (Wildman–Crippen LogP) is 5.12. The lowest BCUT2D eigenvalue weighted by molar-refractivity contribution is -0.139. The van der Waals surface area contributed by atoms with Gasteiger partial charge in [-0.25, -0.2) is 9.59 Å². The van der Waals surface area contributed by atoms with Gasteiger partial charge in [0.25, 0.3) is 0 Å². The van der Waals surface area contributed by atoms with Crippen LogP contribution in [0.15, 0.2) is 66.7 Å². The molecule has 0 bridgehead atoms. The number of carboxylic acid groups (broad SMARTS) is 2. The fourth-order valence-corrected chi connectivity index (χ4v) is 4.62. The third-order valence-corrected chi connectivity index (χ3v) is 6.49. The Hall–Kier alpha value is -4.54. The molecule has 39 heavy (non-hydrogen) atoms. The highest BCUT2D eigenvalue weighted by Gasteiger charge is 2.38. The molecule has 1 aliphatic heterocycles. The summed E-state index contributed by atoms with van der Waals surface area (Å²) >= 11 is 0. The number of aliphatic carboxylic acids is 2. The van der Waals surface area contributed by atoms with E-state index in [1.807, 2.05) is 30.3 Å². The van der Waals surface area contributed by atoms with Crippen molar-refractivity contribution >= 4 is 18.0 Å². The number of alkyl halides is 3. The molecule has 1 aliphatic rings. The van der Waals surface area contributed by atoms with Gasteiger partial charge in [-0.15, -0.1) is 0 Å². The average molecular weight is 543 g/mol. The molecule has 2 amide bonds. The number of amides is 2. The first-order valence-corrected chi connectivity index (χ1v) is 12.0. The van der Waals surface area contributed by atoms with E-state index in [1.165, 1.54) is 29.2 Å². The number of urea groups is 1. The van der Waals surface area contributed by atoms with Gasteiger partial charge in [0, 0.05) is 12.1 Å². The fourth-order valence-electron chi connectivity index (χ4n) is 4.62. The summed E-state index contributed by atoms with van der Waals surface area (Å²) in [6.07, 6.45) is -5.03. The van der Waals surface area contributed by atoms with Crippen LogP contribution in [0, 0.1) is 0 Å². The van der Waals surface area contributed by atoms with Crippen molar-refractivity contribution in [3.8, 4) is 16.9 Å². The van der Waals surface area contributed by atoms with E-state index in [1.54, 1.807) is 6.92 Å². The number of hydrogen-bond acceptors (Lipinski definition) is 4. The Balaban J connectivity index is 1.79. The number of carboxylic acids is 2. The molecule has 0 radical (unpaired) electrons. The Morgan fingerprint density at radius 3 is 2.33 bits per heavy atom. The van der Waals surface area contributed by atoms with Gasteiger partial charge in [0.05, 0.1) is 24.1 Å². The number of halogens is 3. The fraction of sp³-hybridized carbons (Fsp3) is 0.250. The van der Waals surface area contributed by atoms with E-state index in [9.17, 15) is 32.7 Å². The molecule has 0 saturated carbocycles. The average Bonchev–Trinajstić information content (AvgIpc) is 3.16. The molecule has 0 spiro atoms. The topological polar surface area (TPSA) is 116 Å². The monoisotopic (exact) mass is 542 g/mol. The van der Waals surface area contributed by atoms with Crippen molar-refractivity contribution in [3.05, 3.63) is 89.0 Å². The lowest BCUT2D eigenvalue weighted by atomic mass is 9.93. The van der Waals surface area contributed by atoms with Gasteiger partial charge in [-0.1, -0.05) is 42.5 Å². The summed E-state index contributed by atoms with van der Waals surface area (Å²) in [7, 11) is 0. The maximum Gasteiger partial charge on any atom is 0.416 e. The molecule has 2 atom stereocenters. The zero-order valence-electron chi connectivity index (χ0n) is 20.7. The third-order valence-electron chi connectivity index (χ3n) is 6.49. The SMILES string of the molecule is CC1C(c2ccccc2)NC(=O)N1Cc1cc(C(F)(F)F)ccc1-c1cc(CC(=O)O)ccc1OCC(=O)O. The van der Waals surface area contributed by atoms with Crippen molar-refractivity contribution in [1.29, 1.82) is 0 Å². The first-order valence-electron chi connectivity index (χ1n) is 12.0. The maximum atomic E-state index is 13.7. The Kier molecular flexibility index (Phi) is 7.80. The van der Waals surface area contributed by atoms with Gasteiger partial charge in [-0.3, -0.25) is 4.79 Å². The van der Waals surface area contributed by atoms with Crippen molar-refractivity contribution in [1.82, 2.24) is 10.2 Å². The van der Waals surface area contributed by atoms with Gasteiger partial charge in [0.1, 0.15) is 5.75 Å². The Bertz CT molecular complexity index is 1390. The van der Waals surface area contributed by atoms with Crippen molar-refractivity contribution in [2.24, 2.45) is 0 Å². The second-order valence-electron chi connectivity index (χ2n) is 9.16. The van der Waals surface area contributed by atoms with E-state index in [-0.39, 0.29) is 41.4 Å². The summed E-state index contributed by atoms with van der Waals surface area (Å²) in [4.78, 5) is 36.8. The number of hydrogen-bond donors (Lipinski definition) is 3. The minimum atomic E-state index is -4.66. The zero-order chi connectivity index (χ0) is 28.3. The molecule has 0 aromatic heterocycles. The molecule has 11 heteroatoms. The summed E-state index contributed by atoms with van der Waals surface area (Å²) in [6, 6.07) is 15.2. The number of nitrogens with zero attached hydrogens (tertiary/aromatic N) is 1. The highest BCUT2D eigenvalue weighted by Crippen LogP contribution is 2.39. The largest absolute Gasteiger partial charge is 0.481 e. The van der Waals surface area contributed by atoms with Gasteiger partial charge in [-0.2, -0.15) is 13.2 Å². The van der Waals surface area contributed by atoms with Crippen molar-refractivity contribution in [3.63, 3.8) is 0 Å². The van der Waals surface area contributed by atoms with Crippen LogP contribution >= 0.6 is 0 Å². The van der Waals surface area contributed by atoms with E-state index in [0.29, 0.717) is 5.56 Å². The van der Waals surface area contributed by atoms with E-state index in [4.69, 9.17) is 9.84 Å². The van der Waals surface area contributed by atoms with Crippen molar-refractivity contribution in [2.45, 2.75) is 38.1 Å². The molecule has 4 rings (SSSR count). The van der Waals surface area contributed by atoms with E-state index < -0.39 is 42.4 Å². The Morgan fingerprint density at radius 1 is 0.974 bits per heavy atom. The van der Waals surface area contributed by atoms with E-state index in [2.05, 4.69) is 5.32 Å². The smallest absolute Gasteiger partial charge is 0.416 e. The predicted molar refractivity (Wildman–Crippen MR) is 134 cm³/mol. The second kappa shape index (κ2) is 11.1. The van der Waals surface area contributed by atoms with Gasteiger partial charge < -0.3 is 25.2 Å². The van der Waals surface area contributed by atoms with Crippen molar-refractivity contribution in [2.75, 3.05) is 6.61 Å². The van der Waals surface area contributed by atoms with Crippen LogP contribution in [-0.4, -0.2) is 45.7 Å². The third kappa shape index (κ3) is 6.31. The van der Waals surface area contributed by atoms with Crippen LogP contribution in [0.2, 0.25) is 0 Å². The van der Waals surface area contributed by atoms with Crippen LogP contribution in [-0.2, 0) is 28.7 Å². The summed E-state index contributed by atoms with van der Waals surface area (Å²) in [6.45, 7) is 0.875. The zero-order valence-corrected chi connectivity index (χ0v) is 20.7. The molecule has 2 unspecified atom stereocenters. The number of carbonyl (C=O) groups is 3. The molecular formula is C28H25F3N2O6. The van der Waals surface area contributed by atoms with Crippen LogP contribution < -0.4 is 10.1 Å². The maximum absolute atomic E-state index is 13.7. The standard InChI is InChI=1S/C28H25F3N2O6/c1-16-26(18-5-3-2-4-6-18)32-27(38)33(16)14-19-13-20(28(29,30)31)8-9-21(19)22-11-17(12-24(34)35)7-10-23(22)39-15-25(36)37/h2-11,13,16,26H,12,14-15H2,1H3,(H,32,38)(H,34,35)(H,36,37). The Morgan fingerprint density at radius 2 is 1.69 bits per heavy atom. The lowest BCUT2D eigenvalue weighted by Crippen LogP contribution is -2.32. The first kappa shape index (κ1) is 27.5. The minimum absolute atomic E-state index is 0.0497. The first-order chi connectivity index (χ1) is 18.4. The molecule has 3 aromatic rings. The molecule has 204 valence electrons. The molecule has 1 fully saturated rings. The Labute approximate surface area is 221 Å².